The lowest BCUT2D eigenvalue weighted by molar-refractivity contribution is -0.175. The van der Waals surface area contributed by atoms with Gasteiger partial charge in [0.25, 0.3) is 0 Å². The van der Waals surface area contributed by atoms with Gasteiger partial charge in [-0.05, 0) is 104 Å². The van der Waals surface area contributed by atoms with Crippen molar-refractivity contribution in [1.29, 1.82) is 0 Å². The molecule has 2 aromatic rings. The summed E-state index contributed by atoms with van der Waals surface area (Å²) in [7, 11) is 0. The van der Waals surface area contributed by atoms with Gasteiger partial charge >= 0.3 is 5.97 Å². The molecule has 0 aliphatic heterocycles. The number of carbonyl (C=O) groups excluding carboxylic acids is 2. The largest absolute Gasteiger partial charge is 0.482 e. The zero-order valence-electron chi connectivity index (χ0n) is 22.9. The zero-order chi connectivity index (χ0) is 27.0. The van der Waals surface area contributed by atoms with E-state index in [1.807, 2.05) is 48.5 Å². The Hall–Kier alpha value is -3.32. The molecule has 4 heteroatoms. The summed E-state index contributed by atoms with van der Waals surface area (Å²) in [4.78, 5) is 25.3. The zero-order valence-corrected chi connectivity index (χ0v) is 22.9. The van der Waals surface area contributed by atoms with Crippen LogP contribution in [0, 0.1) is 41.4 Å². The minimum absolute atomic E-state index is 0.164. The number of ketones is 1. The van der Waals surface area contributed by atoms with Gasteiger partial charge in [-0.25, -0.2) is 4.79 Å². The first-order valence-electron chi connectivity index (χ1n) is 14.7. The van der Waals surface area contributed by atoms with Crippen molar-refractivity contribution in [3.8, 4) is 29.2 Å². The molecule has 4 nitrogen and oxygen atoms in total. The Morgan fingerprint density at radius 3 is 2.59 bits per heavy atom. The SMILES string of the molecule is C#C[C@]1(OC(=O)COc2cccc(-c3ccccc3)c2)CCC2C3CCC4=CC(=O)CCC4C3CC[C@@]21CC. The number of ether oxygens (including phenoxy) is 2. The highest BCUT2D eigenvalue weighted by Gasteiger charge is 2.65. The molecule has 6 atom stereocenters. The first-order chi connectivity index (χ1) is 19.0. The molecule has 0 heterocycles. The normalized spacial score (nSPS) is 33.1. The van der Waals surface area contributed by atoms with Crippen LogP contribution in [0.2, 0.25) is 0 Å². The van der Waals surface area contributed by atoms with E-state index in [2.05, 4.69) is 25.0 Å². The van der Waals surface area contributed by atoms with Crippen molar-refractivity contribution in [2.24, 2.45) is 29.1 Å². The van der Waals surface area contributed by atoms with Crippen LogP contribution < -0.4 is 4.74 Å². The van der Waals surface area contributed by atoms with E-state index in [9.17, 15) is 9.59 Å². The van der Waals surface area contributed by atoms with Crippen LogP contribution in [0.15, 0.2) is 66.2 Å². The average Bonchev–Trinajstić information content (AvgIpc) is 3.31. The van der Waals surface area contributed by atoms with Gasteiger partial charge in [0.2, 0.25) is 0 Å². The highest BCUT2D eigenvalue weighted by atomic mass is 16.6. The minimum atomic E-state index is -0.887. The molecular formula is C35H38O4. The summed E-state index contributed by atoms with van der Waals surface area (Å²) >= 11 is 0. The van der Waals surface area contributed by atoms with Crippen LogP contribution in [-0.2, 0) is 14.3 Å². The molecule has 0 aromatic heterocycles. The minimum Gasteiger partial charge on any atom is -0.482 e. The van der Waals surface area contributed by atoms with Crippen LogP contribution in [0.4, 0.5) is 0 Å². The molecule has 3 fully saturated rings. The van der Waals surface area contributed by atoms with E-state index in [0.29, 0.717) is 48.0 Å². The van der Waals surface area contributed by atoms with Crippen molar-refractivity contribution in [2.45, 2.75) is 70.3 Å². The fourth-order valence-corrected chi connectivity index (χ4v) is 8.88. The maximum absolute atomic E-state index is 13.2. The summed E-state index contributed by atoms with van der Waals surface area (Å²) in [5.74, 6) is 5.76. The Kier molecular flexibility index (Phi) is 6.88. The smallest absolute Gasteiger partial charge is 0.345 e. The Bertz CT molecular complexity index is 1320. The lowest BCUT2D eigenvalue weighted by atomic mass is 9.49. The third kappa shape index (κ3) is 4.41. The Labute approximate surface area is 232 Å². The third-order valence-electron chi connectivity index (χ3n) is 10.6. The van der Waals surface area contributed by atoms with E-state index in [4.69, 9.17) is 15.9 Å². The van der Waals surface area contributed by atoms with Crippen LogP contribution in [0.1, 0.15) is 64.7 Å². The molecule has 0 saturated heterocycles. The molecule has 0 amide bonds. The standard InChI is InChI=1S/C35H38O4/c1-3-34-19-17-30-29-16-14-27(36)21-26(29)13-15-31(30)32(34)18-20-35(34,4-2)39-33(37)23-38-28-12-8-11-25(22-28)24-9-6-5-7-10-24/h2,5-12,21-22,29-32H,3,13-20,23H2,1H3/t29?,30?,31?,32?,34-,35-/m0/s1. The quantitative estimate of drug-likeness (QED) is 0.298. The van der Waals surface area contributed by atoms with E-state index >= 15 is 0 Å². The van der Waals surface area contributed by atoms with Crippen molar-refractivity contribution in [3.63, 3.8) is 0 Å². The Balaban J connectivity index is 1.17. The number of carbonyl (C=O) groups is 2. The van der Waals surface area contributed by atoms with Gasteiger partial charge in [-0.2, -0.15) is 0 Å². The molecule has 0 bridgehead atoms. The summed E-state index contributed by atoms with van der Waals surface area (Å²) in [6.07, 6.45) is 16.7. The number of rotatable bonds is 6. The highest BCUT2D eigenvalue weighted by molar-refractivity contribution is 5.91. The molecule has 39 heavy (non-hydrogen) atoms. The number of esters is 1. The summed E-state index contributed by atoms with van der Waals surface area (Å²) in [5, 5.41) is 0. The second-order valence-electron chi connectivity index (χ2n) is 12.0. The van der Waals surface area contributed by atoms with E-state index in [1.54, 1.807) is 0 Å². The average molecular weight is 523 g/mol. The van der Waals surface area contributed by atoms with Gasteiger partial charge < -0.3 is 9.47 Å². The lowest BCUT2D eigenvalue weighted by Gasteiger charge is -2.56. The molecule has 3 saturated carbocycles. The van der Waals surface area contributed by atoms with Crippen molar-refractivity contribution >= 4 is 11.8 Å². The van der Waals surface area contributed by atoms with Crippen LogP contribution in [0.25, 0.3) is 11.1 Å². The number of fused-ring (bicyclic) bond motifs is 5. The summed E-state index contributed by atoms with van der Waals surface area (Å²) in [5.41, 5.74) is 2.44. The summed E-state index contributed by atoms with van der Waals surface area (Å²) in [6, 6.07) is 17.9. The van der Waals surface area contributed by atoms with E-state index in [-0.39, 0.29) is 12.0 Å². The molecule has 4 aliphatic rings. The molecule has 4 unspecified atom stereocenters. The van der Waals surface area contributed by atoms with Crippen LogP contribution >= 0.6 is 0 Å². The maximum atomic E-state index is 13.2. The second kappa shape index (κ2) is 10.3. The fourth-order valence-electron chi connectivity index (χ4n) is 8.88. The molecule has 4 aliphatic carbocycles. The predicted octanol–water partition coefficient (Wildman–Crippen LogP) is 7.18. The van der Waals surface area contributed by atoms with E-state index in [1.165, 1.54) is 5.57 Å². The monoisotopic (exact) mass is 522 g/mol. The molecular weight excluding hydrogens is 484 g/mol. The molecule has 0 radical (unpaired) electrons. The second-order valence-corrected chi connectivity index (χ2v) is 12.0. The first-order valence-corrected chi connectivity index (χ1v) is 14.7. The van der Waals surface area contributed by atoms with Gasteiger partial charge in [-0.3, -0.25) is 4.79 Å². The van der Waals surface area contributed by atoms with E-state index < -0.39 is 11.6 Å². The number of allylic oxidation sites excluding steroid dienone is 1. The summed E-state index contributed by atoms with van der Waals surface area (Å²) in [6.45, 7) is 2.06. The molecule has 0 spiro atoms. The Morgan fingerprint density at radius 2 is 1.79 bits per heavy atom. The number of hydrogen-bond acceptors (Lipinski definition) is 4. The number of hydrogen-bond donors (Lipinski definition) is 0. The summed E-state index contributed by atoms with van der Waals surface area (Å²) < 4.78 is 12.2. The number of terminal acetylenes is 1. The van der Waals surface area contributed by atoms with Gasteiger partial charge in [0.05, 0.1) is 0 Å². The molecule has 202 valence electrons. The van der Waals surface area contributed by atoms with Crippen LogP contribution in [0.3, 0.4) is 0 Å². The molecule has 0 N–H and O–H groups in total. The van der Waals surface area contributed by atoms with Gasteiger partial charge in [0, 0.05) is 11.8 Å². The number of benzene rings is 2. The third-order valence-corrected chi connectivity index (χ3v) is 10.6. The predicted molar refractivity (Wildman–Crippen MR) is 152 cm³/mol. The fraction of sp³-hybridized carbons (Fsp3) is 0.486. The van der Waals surface area contributed by atoms with Gasteiger partial charge in [-0.1, -0.05) is 60.9 Å². The van der Waals surface area contributed by atoms with Crippen LogP contribution in [-0.4, -0.2) is 24.0 Å². The molecule has 6 rings (SSSR count). The van der Waals surface area contributed by atoms with Gasteiger partial charge in [-0.15, -0.1) is 6.42 Å². The lowest BCUT2D eigenvalue weighted by Crippen LogP contribution is -2.55. The van der Waals surface area contributed by atoms with Crippen molar-refractivity contribution < 1.29 is 19.1 Å². The van der Waals surface area contributed by atoms with Crippen molar-refractivity contribution in [1.82, 2.24) is 0 Å². The highest BCUT2D eigenvalue weighted by Crippen LogP contribution is 2.67. The van der Waals surface area contributed by atoms with Crippen molar-refractivity contribution in [3.05, 3.63) is 66.2 Å². The van der Waals surface area contributed by atoms with E-state index in [0.717, 1.165) is 56.1 Å². The first kappa shape index (κ1) is 25.9. The topological polar surface area (TPSA) is 52.6 Å². The van der Waals surface area contributed by atoms with Gasteiger partial charge in [0.1, 0.15) is 5.75 Å². The maximum Gasteiger partial charge on any atom is 0.345 e. The van der Waals surface area contributed by atoms with Crippen molar-refractivity contribution in [2.75, 3.05) is 6.61 Å². The Morgan fingerprint density at radius 1 is 0.974 bits per heavy atom. The van der Waals surface area contributed by atoms with Crippen LogP contribution in [0.5, 0.6) is 5.75 Å². The molecule has 2 aromatic carbocycles. The van der Waals surface area contributed by atoms with Gasteiger partial charge in [0.15, 0.2) is 18.0 Å².